The number of thiazole rings is 1. The van der Waals surface area contributed by atoms with E-state index in [1.165, 1.54) is 18.4 Å². The molecule has 0 aliphatic carbocycles. The first kappa shape index (κ1) is 28.1. The van der Waals surface area contributed by atoms with Crippen molar-refractivity contribution in [3.05, 3.63) is 123 Å². The topological polar surface area (TPSA) is 79.1 Å². The van der Waals surface area contributed by atoms with Gasteiger partial charge >= 0.3 is 5.97 Å². The predicted molar refractivity (Wildman–Crippen MR) is 164 cm³/mol. The molecule has 1 atom stereocenters. The summed E-state index contributed by atoms with van der Waals surface area (Å²) < 4.78 is 19.6. The third-order valence-electron chi connectivity index (χ3n) is 6.42. The molecule has 2 heterocycles. The molecule has 0 radical (unpaired) electrons. The molecule has 204 valence electrons. The number of methoxy groups -OCH3 is 2. The number of halogens is 2. The van der Waals surface area contributed by atoms with Crippen LogP contribution in [0.3, 0.4) is 0 Å². The average molecular weight is 687 g/mol. The lowest BCUT2D eigenvalue weighted by molar-refractivity contribution is -0.136. The standard InChI is InChI=1S/C30H24ClIN2O5S/c1-17-25(29(36)38-3)26(19-9-5-4-6-10-19)34-28(35)24(40-30(34)33-17)15-18-13-22(32)27(23(14-18)37-2)39-16-20-11-7-8-12-21(20)31/h4-15,26H,16H2,1-3H3. The Balaban J connectivity index is 1.57. The van der Waals surface area contributed by atoms with Crippen LogP contribution in [0.25, 0.3) is 6.08 Å². The normalized spacial score (nSPS) is 14.9. The SMILES string of the molecule is COC(=O)C1=C(C)N=c2sc(=Cc3cc(I)c(OCc4ccccc4Cl)c(OC)c3)c(=O)n2C1c1ccccc1. The number of ether oxygens (including phenoxy) is 3. The molecule has 0 fully saturated rings. The lowest BCUT2D eigenvalue weighted by Crippen LogP contribution is -2.39. The Hall–Kier alpha value is -3.41. The molecule has 0 saturated heterocycles. The van der Waals surface area contributed by atoms with Gasteiger partial charge in [0.25, 0.3) is 5.56 Å². The summed E-state index contributed by atoms with van der Waals surface area (Å²) in [5, 5.41) is 0.628. The highest BCUT2D eigenvalue weighted by Crippen LogP contribution is 2.35. The summed E-state index contributed by atoms with van der Waals surface area (Å²) in [6.45, 7) is 2.04. The van der Waals surface area contributed by atoms with E-state index < -0.39 is 12.0 Å². The molecule has 1 aromatic heterocycles. The zero-order chi connectivity index (χ0) is 28.4. The number of hydrogen-bond donors (Lipinski definition) is 0. The van der Waals surface area contributed by atoms with E-state index in [-0.39, 0.29) is 12.2 Å². The molecule has 7 nitrogen and oxygen atoms in total. The third-order valence-corrected chi connectivity index (χ3v) is 8.57. The fourth-order valence-electron chi connectivity index (χ4n) is 4.52. The number of carbonyl (C=O) groups excluding carboxylic acids is 1. The van der Waals surface area contributed by atoms with Gasteiger partial charge < -0.3 is 14.2 Å². The van der Waals surface area contributed by atoms with Crippen molar-refractivity contribution < 1.29 is 19.0 Å². The Labute approximate surface area is 253 Å². The minimum atomic E-state index is -0.651. The van der Waals surface area contributed by atoms with Crippen LogP contribution < -0.4 is 24.4 Å². The second-order valence-corrected chi connectivity index (χ2v) is 11.5. The Bertz CT molecular complexity index is 1810. The fraction of sp³-hybridized carbons (Fsp3) is 0.167. The third kappa shape index (κ3) is 5.45. The molecule has 1 aliphatic rings. The maximum atomic E-state index is 13.8. The summed E-state index contributed by atoms with van der Waals surface area (Å²) in [5.41, 5.74) is 3.02. The van der Waals surface area contributed by atoms with Crippen molar-refractivity contribution in [3.63, 3.8) is 0 Å². The Morgan fingerprint density at radius 1 is 1.12 bits per heavy atom. The molecule has 10 heteroatoms. The van der Waals surface area contributed by atoms with Crippen molar-refractivity contribution in [3.8, 4) is 11.5 Å². The van der Waals surface area contributed by atoms with E-state index >= 15 is 0 Å². The molecular formula is C30H24ClIN2O5S. The molecule has 3 aromatic carbocycles. The van der Waals surface area contributed by atoms with Crippen LogP contribution in [0.1, 0.15) is 29.7 Å². The van der Waals surface area contributed by atoms with Gasteiger partial charge in [-0.1, -0.05) is 71.5 Å². The quantitative estimate of drug-likeness (QED) is 0.196. The first-order valence-electron chi connectivity index (χ1n) is 12.2. The highest BCUT2D eigenvalue weighted by atomic mass is 127. The van der Waals surface area contributed by atoms with Crippen molar-refractivity contribution in [1.29, 1.82) is 0 Å². The van der Waals surface area contributed by atoms with E-state index in [0.717, 1.165) is 20.3 Å². The van der Waals surface area contributed by atoms with Crippen molar-refractivity contribution in [1.82, 2.24) is 4.57 Å². The summed E-state index contributed by atoms with van der Waals surface area (Å²) in [4.78, 5) is 31.7. The van der Waals surface area contributed by atoms with Crippen LogP contribution in [0.15, 0.2) is 87.8 Å². The molecule has 1 unspecified atom stereocenters. The molecule has 0 N–H and O–H groups in total. The molecule has 4 aromatic rings. The molecule has 0 bridgehead atoms. The number of hydrogen-bond acceptors (Lipinski definition) is 7. The number of aromatic nitrogens is 1. The number of carbonyl (C=O) groups is 1. The average Bonchev–Trinajstić information content (AvgIpc) is 3.26. The Morgan fingerprint density at radius 3 is 2.55 bits per heavy atom. The van der Waals surface area contributed by atoms with Crippen molar-refractivity contribution >= 4 is 57.6 Å². The second kappa shape index (κ2) is 12.0. The molecule has 0 amide bonds. The van der Waals surface area contributed by atoms with Crippen molar-refractivity contribution in [2.45, 2.75) is 19.6 Å². The highest BCUT2D eigenvalue weighted by molar-refractivity contribution is 14.1. The van der Waals surface area contributed by atoms with Gasteiger partial charge in [-0.05, 0) is 64.9 Å². The van der Waals surface area contributed by atoms with Crippen LogP contribution >= 0.6 is 45.5 Å². The number of esters is 1. The summed E-state index contributed by atoms with van der Waals surface area (Å²) in [6, 6.07) is 20.0. The highest BCUT2D eigenvalue weighted by Gasteiger charge is 2.32. The molecule has 5 rings (SSSR count). The van der Waals surface area contributed by atoms with E-state index in [0.29, 0.717) is 37.1 Å². The molecule has 0 spiro atoms. The zero-order valence-corrected chi connectivity index (χ0v) is 25.5. The summed E-state index contributed by atoms with van der Waals surface area (Å²) in [7, 11) is 2.90. The van der Waals surface area contributed by atoms with Crippen LogP contribution in [0, 0.1) is 3.57 Å². The monoisotopic (exact) mass is 686 g/mol. The largest absolute Gasteiger partial charge is 0.493 e. The molecule has 0 saturated carbocycles. The van der Waals surface area contributed by atoms with Gasteiger partial charge in [0.2, 0.25) is 0 Å². The van der Waals surface area contributed by atoms with Crippen molar-refractivity contribution in [2.24, 2.45) is 4.99 Å². The van der Waals surface area contributed by atoms with E-state index in [2.05, 4.69) is 27.6 Å². The van der Waals surface area contributed by atoms with Gasteiger partial charge in [-0.2, -0.15) is 0 Å². The zero-order valence-electron chi connectivity index (χ0n) is 21.8. The smallest absolute Gasteiger partial charge is 0.338 e. The van der Waals surface area contributed by atoms with Crippen LogP contribution in [0.2, 0.25) is 5.02 Å². The van der Waals surface area contributed by atoms with Gasteiger partial charge in [0, 0.05) is 10.6 Å². The number of allylic oxidation sites excluding steroid dienone is 1. The minimum absolute atomic E-state index is 0.250. The molecular weight excluding hydrogens is 663 g/mol. The van der Waals surface area contributed by atoms with Gasteiger partial charge in [0.05, 0.1) is 39.6 Å². The first-order valence-corrected chi connectivity index (χ1v) is 14.5. The Morgan fingerprint density at radius 2 is 1.85 bits per heavy atom. The van der Waals surface area contributed by atoms with Gasteiger partial charge in [0.1, 0.15) is 6.61 Å². The van der Waals surface area contributed by atoms with Crippen LogP contribution in [-0.2, 0) is 16.1 Å². The lowest BCUT2D eigenvalue weighted by atomic mass is 9.96. The number of benzene rings is 3. The Kier molecular flexibility index (Phi) is 8.43. The fourth-order valence-corrected chi connectivity index (χ4v) is 6.54. The molecule has 40 heavy (non-hydrogen) atoms. The number of nitrogens with zero attached hydrogens (tertiary/aromatic N) is 2. The lowest BCUT2D eigenvalue weighted by Gasteiger charge is -2.24. The van der Waals surface area contributed by atoms with Crippen LogP contribution in [0.4, 0.5) is 0 Å². The van der Waals surface area contributed by atoms with Gasteiger partial charge in [-0.25, -0.2) is 9.79 Å². The van der Waals surface area contributed by atoms with Crippen molar-refractivity contribution in [2.75, 3.05) is 14.2 Å². The van der Waals surface area contributed by atoms with Gasteiger partial charge in [0.15, 0.2) is 16.3 Å². The predicted octanol–water partition coefficient (Wildman–Crippen LogP) is 5.25. The van der Waals surface area contributed by atoms with Gasteiger partial charge in [-0.15, -0.1) is 0 Å². The number of fused-ring (bicyclic) bond motifs is 1. The summed E-state index contributed by atoms with van der Waals surface area (Å²) in [5.74, 6) is 0.601. The number of rotatable bonds is 7. The van der Waals surface area contributed by atoms with Crippen LogP contribution in [-0.4, -0.2) is 24.8 Å². The van der Waals surface area contributed by atoms with Gasteiger partial charge in [-0.3, -0.25) is 9.36 Å². The maximum Gasteiger partial charge on any atom is 0.338 e. The molecule has 1 aliphatic heterocycles. The van der Waals surface area contributed by atoms with E-state index in [4.69, 9.17) is 25.8 Å². The maximum absolute atomic E-state index is 13.8. The van der Waals surface area contributed by atoms with E-state index in [1.807, 2.05) is 66.7 Å². The van der Waals surface area contributed by atoms with E-state index in [1.54, 1.807) is 24.7 Å². The minimum Gasteiger partial charge on any atom is -0.493 e. The first-order chi connectivity index (χ1) is 19.3. The second-order valence-electron chi connectivity index (χ2n) is 8.90. The van der Waals surface area contributed by atoms with Crippen LogP contribution in [0.5, 0.6) is 11.5 Å². The van der Waals surface area contributed by atoms with E-state index in [9.17, 15) is 9.59 Å². The summed E-state index contributed by atoms with van der Waals surface area (Å²) >= 11 is 9.74. The summed E-state index contributed by atoms with van der Waals surface area (Å²) in [6.07, 6.45) is 1.80.